The normalized spacial score (nSPS) is 13.2. The van der Waals surface area contributed by atoms with E-state index < -0.39 is 22.0 Å². The average Bonchev–Trinajstić information content (AvgIpc) is 2.43. The van der Waals surface area contributed by atoms with E-state index in [9.17, 15) is 13.2 Å². The maximum Gasteiger partial charge on any atom is 0.335 e. The third-order valence-electron chi connectivity index (χ3n) is 3.02. The Labute approximate surface area is 118 Å². The molecule has 1 unspecified atom stereocenters. The van der Waals surface area contributed by atoms with Gasteiger partial charge in [0.25, 0.3) is 0 Å². The van der Waals surface area contributed by atoms with Crippen LogP contribution in [-0.2, 0) is 16.4 Å². The maximum absolute atomic E-state index is 12.3. The van der Waals surface area contributed by atoms with Crippen molar-refractivity contribution >= 4 is 16.0 Å². The molecular formula is C13H19NO5S. The second-order valence-corrected chi connectivity index (χ2v) is 6.07. The van der Waals surface area contributed by atoms with Crippen molar-refractivity contribution in [2.45, 2.75) is 37.6 Å². The molecule has 20 heavy (non-hydrogen) atoms. The van der Waals surface area contributed by atoms with Crippen LogP contribution in [0, 0.1) is 0 Å². The number of nitrogens with one attached hydrogen (secondary N) is 1. The molecule has 3 N–H and O–H groups in total. The number of carboxylic acid groups (broad SMARTS) is 1. The Morgan fingerprint density at radius 1 is 1.35 bits per heavy atom. The van der Waals surface area contributed by atoms with Gasteiger partial charge in [0, 0.05) is 6.04 Å². The van der Waals surface area contributed by atoms with Crippen molar-refractivity contribution in [1.82, 2.24) is 4.72 Å². The number of carboxylic acids is 1. The number of hydrogen-bond donors (Lipinski definition) is 3. The molecule has 0 heterocycles. The van der Waals surface area contributed by atoms with Crippen molar-refractivity contribution in [2.75, 3.05) is 6.61 Å². The Kier molecular flexibility index (Phi) is 5.67. The fourth-order valence-electron chi connectivity index (χ4n) is 1.76. The van der Waals surface area contributed by atoms with Crippen LogP contribution in [0.4, 0.5) is 0 Å². The molecule has 0 radical (unpaired) electrons. The zero-order chi connectivity index (χ0) is 15.3. The van der Waals surface area contributed by atoms with Gasteiger partial charge in [-0.2, -0.15) is 0 Å². The van der Waals surface area contributed by atoms with Gasteiger partial charge in [-0.05, 0) is 30.5 Å². The minimum Gasteiger partial charge on any atom is -0.478 e. The summed E-state index contributed by atoms with van der Waals surface area (Å²) in [5.41, 5.74) is 0.454. The molecule has 1 aromatic rings. The highest BCUT2D eigenvalue weighted by Gasteiger charge is 2.22. The summed E-state index contributed by atoms with van der Waals surface area (Å²) in [6.07, 6.45) is 0.905. The van der Waals surface area contributed by atoms with E-state index in [0.29, 0.717) is 18.4 Å². The average molecular weight is 301 g/mol. The Bertz CT molecular complexity index is 578. The van der Waals surface area contributed by atoms with Gasteiger partial charge in [0.15, 0.2) is 0 Å². The fraction of sp³-hybridized carbons (Fsp3) is 0.462. The van der Waals surface area contributed by atoms with Crippen LogP contribution in [0.25, 0.3) is 0 Å². The van der Waals surface area contributed by atoms with Crippen molar-refractivity contribution in [2.24, 2.45) is 0 Å². The first-order valence-electron chi connectivity index (χ1n) is 6.35. The number of aliphatic hydroxyl groups excluding tert-OH is 1. The number of sulfonamides is 1. The predicted octanol–water partition coefficient (Wildman–Crippen LogP) is 0.996. The molecule has 112 valence electrons. The van der Waals surface area contributed by atoms with Gasteiger partial charge in [0.1, 0.15) is 0 Å². The first kappa shape index (κ1) is 16.6. The van der Waals surface area contributed by atoms with Gasteiger partial charge in [0.2, 0.25) is 10.0 Å². The van der Waals surface area contributed by atoms with Gasteiger partial charge in [-0.25, -0.2) is 17.9 Å². The summed E-state index contributed by atoms with van der Waals surface area (Å²) >= 11 is 0. The van der Waals surface area contributed by atoms with Crippen LogP contribution in [0.3, 0.4) is 0 Å². The van der Waals surface area contributed by atoms with E-state index >= 15 is 0 Å². The number of rotatable bonds is 7. The first-order chi connectivity index (χ1) is 9.35. The topological polar surface area (TPSA) is 104 Å². The summed E-state index contributed by atoms with van der Waals surface area (Å²) in [6.45, 7) is 3.23. The lowest BCUT2D eigenvalue weighted by atomic mass is 10.1. The van der Waals surface area contributed by atoms with Crippen LogP contribution < -0.4 is 4.72 Å². The highest BCUT2D eigenvalue weighted by molar-refractivity contribution is 7.89. The molecule has 0 aromatic heterocycles. The van der Waals surface area contributed by atoms with Crippen LogP contribution in [0.15, 0.2) is 23.1 Å². The molecule has 1 aromatic carbocycles. The van der Waals surface area contributed by atoms with Crippen molar-refractivity contribution in [3.63, 3.8) is 0 Å². The minimum absolute atomic E-state index is 0.0493. The highest BCUT2D eigenvalue weighted by atomic mass is 32.2. The molecule has 0 saturated heterocycles. The Balaban J connectivity index is 3.28. The highest BCUT2D eigenvalue weighted by Crippen LogP contribution is 2.19. The number of aliphatic hydroxyl groups is 1. The molecule has 7 heteroatoms. The van der Waals surface area contributed by atoms with E-state index in [1.54, 1.807) is 13.8 Å². The van der Waals surface area contributed by atoms with Crippen molar-refractivity contribution in [3.05, 3.63) is 29.3 Å². The van der Waals surface area contributed by atoms with Gasteiger partial charge in [-0.15, -0.1) is 0 Å². The Morgan fingerprint density at radius 3 is 2.45 bits per heavy atom. The van der Waals surface area contributed by atoms with Crippen LogP contribution in [0.1, 0.15) is 36.2 Å². The van der Waals surface area contributed by atoms with Crippen molar-refractivity contribution in [3.8, 4) is 0 Å². The molecule has 0 bridgehead atoms. The Morgan fingerprint density at radius 2 is 2.00 bits per heavy atom. The fourth-order valence-corrected chi connectivity index (χ4v) is 3.41. The number of aromatic carboxylic acids is 1. The zero-order valence-corrected chi connectivity index (χ0v) is 12.3. The van der Waals surface area contributed by atoms with Crippen LogP contribution in [0.5, 0.6) is 0 Å². The summed E-state index contributed by atoms with van der Waals surface area (Å²) in [5.74, 6) is -1.18. The lowest BCUT2D eigenvalue weighted by Gasteiger charge is -2.16. The van der Waals surface area contributed by atoms with Crippen molar-refractivity contribution in [1.29, 1.82) is 0 Å². The molecular weight excluding hydrogens is 282 g/mol. The maximum atomic E-state index is 12.3. The molecule has 1 atom stereocenters. The van der Waals surface area contributed by atoms with E-state index in [2.05, 4.69) is 4.72 Å². The van der Waals surface area contributed by atoms with Gasteiger partial charge in [-0.1, -0.05) is 19.9 Å². The van der Waals surface area contributed by atoms with Crippen LogP contribution >= 0.6 is 0 Å². The second kappa shape index (κ2) is 6.83. The number of carbonyl (C=O) groups is 1. The van der Waals surface area contributed by atoms with Crippen LogP contribution in [-0.4, -0.2) is 37.2 Å². The summed E-state index contributed by atoms with van der Waals surface area (Å²) in [6, 6.07) is 3.44. The smallest absolute Gasteiger partial charge is 0.335 e. The molecule has 0 spiro atoms. The van der Waals surface area contributed by atoms with Gasteiger partial charge >= 0.3 is 5.97 Å². The third-order valence-corrected chi connectivity index (χ3v) is 4.62. The number of hydrogen-bond acceptors (Lipinski definition) is 4. The van der Waals surface area contributed by atoms with Gasteiger partial charge in [-0.3, -0.25) is 0 Å². The number of aryl methyl sites for hydroxylation is 1. The summed E-state index contributed by atoms with van der Waals surface area (Å²) in [7, 11) is -3.86. The Hall–Kier alpha value is -1.44. The van der Waals surface area contributed by atoms with Gasteiger partial charge < -0.3 is 10.2 Å². The lowest BCUT2D eigenvalue weighted by Crippen LogP contribution is -2.37. The molecule has 0 saturated carbocycles. The monoisotopic (exact) mass is 301 g/mol. The molecule has 0 aliphatic rings. The number of benzene rings is 1. The SMILES string of the molecule is CCc1ccc(C(=O)O)cc1S(=O)(=O)NC(CC)CO. The summed E-state index contributed by atoms with van der Waals surface area (Å²) < 4.78 is 27.0. The van der Waals surface area contributed by atoms with Crippen LogP contribution in [0.2, 0.25) is 0 Å². The van der Waals surface area contributed by atoms with E-state index in [0.717, 1.165) is 6.07 Å². The van der Waals surface area contributed by atoms with E-state index in [1.165, 1.54) is 12.1 Å². The predicted molar refractivity (Wildman–Crippen MR) is 74.3 cm³/mol. The quantitative estimate of drug-likeness (QED) is 0.697. The third kappa shape index (κ3) is 3.78. The standard InChI is InChI=1S/C13H19NO5S/c1-3-9-5-6-10(13(16)17)7-12(9)20(18,19)14-11(4-2)8-15/h5-7,11,14-15H,3-4,8H2,1-2H3,(H,16,17). The molecule has 0 aliphatic heterocycles. The second-order valence-electron chi connectivity index (χ2n) is 4.39. The van der Waals surface area contributed by atoms with Gasteiger partial charge in [0.05, 0.1) is 17.1 Å². The minimum atomic E-state index is -3.86. The molecule has 0 fully saturated rings. The van der Waals surface area contributed by atoms with E-state index in [4.69, 9.17) is 10.2 Å². The zero-order valence-electron chi connectivity index (χ0n) is 11.5. The molecule has 6 nitrogen and oxygen atoms in total. The molecule has 1 rings (SSSR count). The molecule has 0 amide bonds. The largest absolute Gasteiger partial charge is 0.478 e. The summed E-state index contributed by atoms with van der Waals surface area (Å²) in [5, 5.41) is 18.0. The summed E-state index contributed by atoms with van der Waals surface area (Å²) in [4.78, 5) is 10.9. The lowest BCUT2D eigenvalue weighted by molar-refractivity contribution is 0.0696. The van der Waals surface area contributed by atoms with Crippen molar-refractivity contribution < 1.29 is 23.4 Å². The molecule has 0 aliphatic carbocycles. The van der Waals surface area contributed by atoms with E-state index in [-0.39, 0.29) is 17.1 Å². The first-order valence-corrected chi connectivity index (χ1v) is 7.83. The van der Waals surface area contributed by atoms with E-state index in [1.807, 2.05) is 0 Å².